The van der Waals surface area contributed by atoms with Gasteiger partial charge in [-0.05, 0) is 18.6 Å². The summed E-state index contributed by atoms with van der Waals surface area (Å²) in [5.74, 6) is -0.260. The second-order valence-electron chi connectivity index (χ2n) is 7.09. The van der Waals surface area contributed by atoms with Gasteiger partial charge in [0.05, 0.1) is 30.3 Å². The molecule has 0 bridgehead atoms. The van der Waals surface area contributed by atoms with Gasteiger partial charge in [-0.3, -0.25) is 9.69 Å². The number of ether oxygens (including phenoxy) is 1. The van der Waals surface area contributed by atoms with Crippen LogP contribution in [0.1, 0.15) is 23.7 Å². The van der Waals surface area contributed by atoms with Crippen LogP contribution in [0.2, 0.25) is 0 Å². The van der Waals surface area contributed by atoms with Crippen LogP contribution in [0, 0.1) is 0 Å². The highest BCUT2D eigenvalue weighted by molar-refractivity contribution is 7.89. The topological polar surface area (TPSA) is 90.4 Å². The Labute approximate surface area is 166 Å². The molecule has 2 heterocycles. The fourth-order valence-corrected chi connectivity index (χ4v) is 5.35. The van der Waals surface area contributed by atoms with Gasteiger partial charge in [-0.2, -0.15) is 4.31 Å². The SMILES string of the molecule is CC[C@H](CO)N1CCN(C(=O)c2ccccc2S(=O)(=O)N2CCOCC2)CC1. The molecule has 3 rings (SSSR count). The Hall–Kier alpha value is -1.52. The number of rotatable bonds is 6. The number of aliphatic hydroxyl groups is 1. The number of piperazine rings is 1. The van der Waals surface area contributed by atoms with E-state index in [2.05, 4.69) is 4.90 Å². The number of aliphatic hydroxyl groups excluding tert-OH is 1. The maximum absolute atomic E-state index is 13.1. The molecule has 2 fully saturated rings. The van der Waals surface area contributed by atoms with Crippen LogP contribution < -0.4 is 0 Å². The number of hydrogen-bond donors (Lipinski definition) is 1. The molecule has 1 N–H and O–H groups in total. The van der Waals surface area contributed by atoms with Crippen molar-refractivity contribution < 1.29 is 23.1 Å². The summed E-state index contributed by atoms with van der Waals surface area (Å²) in [5.41, 5.74) is 0.219. The first-order chi connectivity index (χ1) is 13.5. The number of nitrogens with zero attached hydrogens (tertiary/aromatic N) is 3. The zero-order chi connectivity index (χ0) is 20.1. The minimum absolute atomic E-state index is 0.0612. The van der Waals surface area contributed by atoms with Crippen molar-refractivity contribution in [2.45, 2.75) is 24.3 Å². The lowest BCUT2D eigenvalue weighted by atomic mass is 10.1. The number of carbonyl (C=O) groups excluding carboxylic acids is 1. The Kier molecular flexibility index (Phi) is 7.05. The molecule has 0 aromatic heterocycles. The van der Waals surface area contributed by atoms with Crippen molar-refractivity contribution in [3.05, 3.63) is 29.8 Å². The van der Waals surface area contributed by atoms with Crippen molar-refractivity contribution in [1.82, 2.24) is 14.1 Å². The minimum atomic E-state index is -3.75. The second-order valence-corrected chi connectivity index (χ2v) is 8.99. The Morgan fingerprint density at radius 3 is 2.36 bits per heavy atom. The van der Waals surface area contributed by atoms with Crippen molar-refractivity contribution in [3.63, 3.8) is 0 Å². The van der Waals surface area contributed by atoms with Gasteiger partial charge in [0.1, 0.15) is 0 Å². The Bertz CT molecular complexity index is 768. The van der Waals surface area contributed by atoms with Crippen molar-refractivity contribution in [2.24, 2.45) is 0 Å². The van der Waals surface area contributed by atoms with Crippen LogP contribution in [0.4, 0.5) is 0 Å². The van der Waals surface area contributed by atoms with Gasteiger partial charge in [-0.15, -0.1) is 0 Å². The van der Waals surface area contributed by atoms with E-state index in [-0.39, 0.29) is 29.0 Å². The van der Waals surface area contributed by atoms with E-state index in [1.54, 1.807) is 23.1 Å². The maximum Gasteiger partial charge on any atom is 0.255 e. The van der Waals surface area contributed by atoms with E-state index >= 15 is 0 Å². The smallest absolute Gasteiger partial charge is 0.255 e. The van der Waals surface area contributed by atoms with E-state index < -0.39 is 10.0 Å². The van der Waals surface area contributed by atoms with E-state index in [1.807, 2.05) is 6.92 Å². The summed E-state index contributed by atoms with van der Waals surface area (Å²) < 4.78 is 32.8. The molecule has 1 atom stereocenters. The van der Waals surface area contributed by atoms with Gasteiger partial charge >= 0.3 is 0 Å². The normalized spacial score (nSPS) is 20.9. The zero-order valence-electron chi connectivity index (χ0n) is 16.3. The molecule has 156 valence electrons. The lowest BCUT2D eigenvalue weighted by Gasteiger charge is -2.38. The number of benzene rings is 1. The van der Waals surface area contributed by atoms with E-state index in [0.717, 1.165) is 6.42 Å². The number of morpholine rings is 1. The molecule has 2 aliphatic heterocycles. The first-order valence-electron chi connectivity index (χ1n) is 9.80. The van der Waals surface area contributed by atoms with E-state index in [0.29, 0.717) is 52.5 Å². The van der Waals surface area contributed by atoms with Gasteiger partial charge in [0, 0.05) is 45.3 Å². The summed E-state index contributed by atoms with van der Waals surface area (Å²) in [7, 11) is -3.75. The number of amides is 1. The molecule has 1 aromatic rings. The molecular formula is C19H29N3O5S. The summed E-state index contributed by atoms with van der Waals surface area (Å²) in [5, 5.41) is 9.48. The predicted octanol–water partition coefficient (Wildman–Crippen LogP) is 0.236. The molecule has 0 spiro atoms. The summed E-state index contributed by atoms with van der Waals surface area (Å²) >= 11 is 0. The van der Waals surface area contributed by atoms with Crippen molar-refractivity contribution in [3.8, 4) is 0 Å². The van der Waals surface area contributed by atoms with Gasteiger partial charge in [-0.1, -0.05) is 19.1 Å². The van der Waals surface area contributed by atoms with Crippen LogP contribution in [0.5, 0.6) is 0 Å². The molecule has 28 heavy (non-hydrogen) atoms. The highest BCUT2D eigenvalue weighted by Crippen LogP contribution is 2.23. The fraction of sp³-hybridized carbons (Fsp3) is 0.632. The summed E-state index contributed by atoms with van der Waals surface area (Å²) in [6.45, 7) is 5.82. The molecule has 1 aromatic carbocycles. The number of hydrogen-bond acceptors (Lipinski definition) is 6. The van der Waals surface area contributed by atoms with Gasteiger partial charge in [-0.25, -0.2) is 8.42 Å². The lowest BCUT2D eigenvalue weighted by molar-refractivity contribution is 0.0469. The summed E-state index contributed by atoms with van der Waals surface area (Å²) in [6, 6.07) is 6.54. The average molecular weight is 412 g/mol. The predicted molar refractivity (Wildman–Crippen MR) is 105 cm³/mol. The van der Waals surface area contributed by atoms with Crippen molar-refractivity contribution in [1.29, 1.82) is 0 Å². The van der Waals surface area contributed by atoms with Crippen molar-refractivity contribution in [2.75, 3.05) is 59.1 Å². The molecule has 8 nitrogen and oxygen atoms in total. The molecular weight excluding hydrogens is 382 g/mol. The molecule has 2 saturated heterocycles. The quantitative estimate of drug-likeness (QED) is 0.721. The summed E-state index contributed by atoms with van der Waals surface area (Å²) in [4.78, 5) is 17.1. The van der Waals surface area contributed by atoms with Crippen LogP contribution in [0.3, 0.4) is 0 Å². The number of carbonyl (C=O) groups is 1. The standard InChI is InChI=1S/C19H29N3O5S/c1-2-16(15-23)20-7-9-21(10-8-20)19(24)17-5-3-4-6-18(17)28(25,26)22-11-13-27-14-12-22/h3-6,16,23H,2,7-15H2,1H3/t16-/m1/s1. The highest BCUT2D eigenvalue weighted by atomic mass is 32.2. The first-order valence-corrected chi connectivity index (χ1v) is 11.2. The Morgan fingerprint density at radius 2 is 1.75 bits per heavy atom. The monoisotopic (exact) mass is 411 g/mol. The van der Waals surface area contributed by atoms with Gasteiger partial charge in [0.2, 0.25) is 10.0 Å². The third kappa shape index (κ3) is 4.38. The zero-order valence-corrected chi connectivity index (χ0v) is 17.1. The third-order valence-corrected chi connectivity index (χ3v) is 7.46. The number of sulfonamides is 1. The first kappa shape index (κ1) is 21.2. The van der Waals surface area contributed by atoms with E-state index in [4.69, 9.17) is 4.74 Å². The van der Waals surface area contributed by atoms with Crippen LogP contribution in [0.15, 0.2) is 29.2 Å². The van der Waals surface area contributed by atoms with E-state index in [9.17, 15) is 18.3 Å². The molecule has 9 heteroatoms. The van der Waals surface area contributed by atoms with Crippen LogP contribution in [0.25, 0.3) is 0 Å². The Morgan fingerprint density at radius 1 is 1.11 bits per heavy atom. The van der Waals surface area contributed by atoms with Gasteiger partial charge < -0.3 is 14.7 Å². The lowest BCUT2D eigenvalue weighted by Crippen LogP contribution is -2.53. The molecule has 0 radical (unpaired) electrons. The van der Waals surface area contributed by atoms with Crippen LogP contribution in [-0.2, 0) is 14.8 Å². The molecule has 0 unspecified atom stereocenters. The van der Waals surface area contributed by atoms with E-state index in [1.165, 1.54) is 10.4 Å². The largest absolute Gasteiger partial charge is 0.395 e. The molecule has 2 aliphatic rings. The Balaban J connectivity index is 1.77. The van der Waals surface area contributed by atoms with Gasteiger partial charge in [0.25, 0.3) is 5.91 Å². The maximum atomic E-state index is 13.1. The average Bonchev–Trinajstić information content (AvgIpc) is 2.75. The fourth-order valence-electron chi connectivity index (χ4n) is 3.76. The molecule has 0 saturated carbocycles. The van der Waals surface area contributed by atoms with Gasteiger partial charge in [0.15, 0.2) is 0 Å². The molecule has 0 aliphatic carbocycles. The third-order valence-electron chi connectivity index (χ3n) is 5.51. The second kappa shape index (κ2) is 9.32. The van der Waals surface area contributed by atoms with Crippen LogP contribution in [-0.4, -0.2) is 98.7 Å². The van der Waals surface area contributed by atoms with Crippen LogP contribution >= 0.6 is 0 Å². The molecule has 1 amide bonds. The summed E-state index contributed by atoms with van der Waals surface area (Å²) in [6.07, 6.45) is 0.852. The minimum Gasteiger partial charge on any atom is -0.395 e. The highest BCUT2D eigenvalue weighted by Gasteiger charge is 2.32. The van der Waals surface area contributed by atoms with Crippen molar-refractivity contribution >= 4 is 15.9 Å².